The summed E-state index contributed by atoms with van der Waals surface area (Å²) in [6.07, 6.45) is 4.26. The van der Waals surface area contributed by atoms with Gasteiger partial charge in [0, 0.05) is 49.9 Å². The van der Waals surface area contributed by atoms with Gasteiger partial charge in [0.15, 0.2) is 5.96 Å². The van der Waals surface area contributed by atoms with Crippen LogP contribution in [0.15, 0.2) is 34.9 Å². The van der Waals surface area contributed by atoms with Gasteiger partial charge >= 0.3 is 0 Å². The second-order valence-corrected chi connectivity index (χ2v) is 9.21. The third kappa shape index (κ3) is 7.68. The minimum Gasteiger partial charge on any atom is -0.376 e. The van der Waals surface area contributed by atoms with E-state index in [-0.39, 0.29) is 42.2 Å². The molecule has 8 nitrogen and oxygen atoms in total. The maximum atomic E-state index is 5.76. The van der Waals surface area contributed by atoms with E-state index in [1.54, 1.807) is 11.3 Å². The van der Waals surface area contributed by atoms with Crippen LogP contribution in [0, 0.1) is 0 Å². The zero-order chi connectivity index (χ0) is 22.2. The Hall–Kier alpha value is -1.21. The van der Waals surface area contributed by atoms with Crippen molar-refractivity contribution in [1.29, 1.82) is 0 Å². The molecule has 0 aliphatic carbocycles. The van der Waals surface area contributed by atoms with Crippen LogP contribution in [0.2, 0.25) is 0 Å². The molecule has 0 spiro atoms. The molecule has 3 unspecified atom stereocenters. The number of hydrogen-bond acceptors (Lipinski definition) is 6. The molecule has 2 aromatic heterocycles. The number of guanidine groups is 1. The van der Waals surface area contributed by atoms with E-state index >= 15 is 0 Å². The first-order chi connectivity index (χ1) is 15.0. The quantitative estimate of drug-likeness (QED) is 0.273. The molecule has 1 aliphatic rings. The summed E-state index contributed by atoms with van der Waals surface area (Å²) in [5.41, 5.74) is 1.19. The van der Waals surface area contributed by atoms with Crippen LogP contribution in [-0.2, 0) is 11.8 Å². The Morgan fingerprint density at radius 3 is 2.81 bits per heavy atom. The molecule has 32 heavy (non-hydrogen) atoms. The molecule has 3 heterocycles. The minimum atomic E-state index is 0. The van der Waals surface area contributed by atoms with Gasteiger partial charge < -0.3 is 20.3 Å². The maximum Gasteiger partial charge on any atom is 0.191 e. The van der Waals surface area contributed by atoms with Crippen molar-refractivity contribution in [1.82, 2.24) is 30.2 Å². The van der Waals surface area contributed by atoms with Crippen molar-refractivity contribution in [2.24, 2.45) is 12.0 Å². The zero-order valence-corrected chi connectivity index (χ0v) is 23.0. The number of aliphatic imine (C=N–C) groups is 1. The summed E-state index contributed by atoms with van der Waals surface area (Å²) in [6, 6.07) is 4.82. The van der Waals surface area contributed by atoms with Crippen molar-refractivity contribution in [2.75, 3.05) is 53.4 Å². The van der Waals surface area contributed by atoms with Crippen molar-refractivity contribution in [3.63, 3.8) is 0 Å². The SMILES string of the molecule is CCNC(=NCC(c1cccs1)N1CCOC(C)C1)NCC(c1cnn(C)c1)N(C)C.I. The molecule has 180 valence electrons. The number of likely N-dealkylation sites (N-methyl/N-ethyl adjacent to an activating group) is 1. The summed E-state index contributed by atoms with van der Waals surface area (Å²) >= 11 is 1.80. The second kappa shape index (κ2) is 13.5. The summed E-state index contributed by atoms with van der Waals surface area (Å²) in [5.74, 6) is 0.848. The Balaban J connectivity index is 0.00000363. The van der Waals surface area contributed by atoms with Crippen molar-refractivity contribution >= 4 is 41.3 Å². The molecule has 0 aromatic carbocycles. The van der Waals surface area contributed by atoms with Crippen LogP contribution < -0.4 is 10.6 Å². The number of halogens is 1. The fraction of sp³-hybridized carbons (Fsp3) is 0.636. The van der Waals surface area contributed by atoms with Gasteiger partial charge in [-0.3, -0.25) is 14.6 Å². The molecule has 0 saturated carbocycles. The van der Waals surface area contributed by atoms with Gasteiger partial charge in [-0.15, -0.1) is 35.3 Å². The van der Waals surface area contributed by atoms with Crippen molar-refractivity contribution < 1.29 is 4.74 Å². The van der Waals surface area contributed by atoms with Crippen LogP contribution in [0.5, 0.6) is 0 Å². The molecular weight excluding hydrogens is 537 g/mol. The van der Waals surface area contributed by atoms with Crippen molar-refractivity contribution in [3.8, 4) is 0 Å². The predicted octanol–water partition coefficient (Wildman–Crippen LogP) is 2.72. The largest absolute Gasteiger partial charge is 0.376 e. The van der Waals surface area contributed by atoms with E-state index in [1.807, 2.05) is 17.9 Å². The highest BCUT2D eigenvalue weighted by Gasteiger charge is 2.26. The number of nitrogens with one attached hydrogen (secondary N) is 2. The van der Waals surface area contributed by atoms with Gasteiger partial charge in [-0.25, -0.2) is 0 Å². The van der Waals surface area contributed by atoms with E-state index in [4.69, 9.17) is 9.73 Å². The summed E-state index contributed by atoms with van der Waals surface area (Å²) < 4.78 is 7.61. The summed E-state index contributed by atoms with van der Waals surface area (Å²) in [5, 5.41) is 13.4. The van der Waals surface area contributed by atoms with Crippen LogP contribution in [0.1, 0.15) is 36.4 Å². The lowest BCUT2D eigenvalue weighted by atomic mass is 10.1. The minimum absolute atomic E-state index is 0. The molecule has 0 radical (unpaired) electrons. The third-order valence-corrected chi connectivity index (χ3v) is 6.52. The number of ether oxygens (including phenoxy) is 1. The number of morpholine rings is 1. The first kappa shape index (κ1) is 27.0. The first-order valence-corrected chi connectivity index (χ1v) is 11.9. The van der Waals surface area contributed by atoms with Crippen LogP contribution in [0.4, 0.5) is 0 Å². The monoisotopic (exact) mass is 575 g/mol. The first-order valence-electron chi connectivity index (χ1n) is 11.0. The molecule has 1 fully saturated rings. The molecule has 3 atom stereocenters. The van der Waals surface area contributed by atoms with E-state index < -0.39 is 0 Å². The van der Waals surface area contributed by atoms with Gasteiger partial charge in [0.05, 0.1) is 37.5 Å². The number of thiophene rings is 1. The molecule has 0 amide bonds. The Morgan fingerprint density at radius 2 is 2.22 bits per heavy atom. The van der Waals surface area contributed by atoms with Crippen LogP contribution in [0.25, 0.3) is 0 Å². The van der Waals surface area contributed by atoms with E-state index in [9.17, 15) is 0 Å². The van der Waals surface area contributed by atoms with Gasteiger partial charge in [-0.05, 0) is 39.4 Å². The lowest BCUT2D eigenvalue weighted by molar-refractivity contribution is -0.0327. The zero-order valence-electron chi connectivity index (χ0n) is 19.8. The van der Waals surface area contributed by atoms with Gasteiger partial charge in [0.25, 0.3) is 0 Å². The smallest absolute Gasteiger partial charge is 0.191 e. The highest BCUT2D eigenvalue weighted by atomic mass is 127. The molecule has 10 heteroatoms. The molecule has 0 bridgehead atoms. The summed E-state index contributed by atoms with van der Waals surface area (Å²) in [4.78, 5) is 11.0. The third-order valence-electron chi connectivity index (χ3n) is 5.55. The standard InChI is InChI=1S/C22H37N7OS.HI/c1-6-23-22(24-13-19(27(3)4)18-12-26-28(5)16-18)25-14-20(21-8-7-11-31-21)29-9-10-30-17(2)15-29;/h7-8,11-12,16-17,19-20H,6,9-10,13-15H2,1-5H3,(H2,23,24,25);1H. The predicted molar refractivity (Wildman–Crippen MR) is 143 cm³/mol. The lowest BCUT2D eigenvalue weighted by Gasteiger charge is -2.36. The lowest BCUT2D eigenvalue weighted by Crippen LogP contribution is -2.45. The average molecular weight is 576 g/mol. The number of rotatable bonds is 9. The molecule has 2 N–H and O–H groups in total. The van der Waals surface area contributed by atoms with Crippen molar-refractivity contribution in [2.45, 2.75) is 32.0 Å². The number of aryl methyl sites for hydroxylation is 1. The maximum absolute atomic E-state index is 5.76. The van der Waals surface area contributed by atoms with E-state index in [0.717, 1.165) is 38.7 Å². The van der Waals surface area contributed by atoms with Crippen LogP contribution in [-0.4, -0.2) is 85.1 Å². The Morgan fingerprint density at radius 1 is 1.41 bits per heavy atom. The highest BCUT2D eigenvalue weighted by molar-refractivity contribution is 14.0. The van der Waals surface area contributed by atoms with Gasteiger partial charge in [-0.2, -0.15) is 5.10 Å². The topological polar surface area (TPSA) is 70.0 Å². The van der Waals surface area contributed by atoms with E-state index in [2.05, 4.69) is 77.2 Å². The molecule has 3 rings (SSSR count). The Kier molecular flexibility index (Phi) is 11.4. The van der Waals surface area contributed by atoms with Crippen LogP contribution in [0.3, 0.4) is 0 Å². The van der Waals surface area contributed by atoms with Gasteiger partial charge in [-0.1, -0.05) is 6.07 Å². The Bertz CT molecular complexity index is 811. The van der Waals surface area contributed by atoms with Crippen molar-refractivity contribution in [3.05, 3.63) is 40.3 Å². The highest BCUT2D eigenvalue weighted by Crippen LogP contribution is 2.27. The second-order valence-electron chi connectivity index (χ2n) is 8.23. The van der Waals surface area contributed by atoms with Crippen LogP contribution >= 0.6 is 35.3 Å². The number of nitrogens with zero attached hydrogens (tertiary/aromatic N) is 5. The van der Waals surface area contributed by atoms with Gasteiger partial charge in [0.1, 0.15) is 0 Å². The summed E-state index contributed by atoms with van der Waals surface area (Å²) in [7, 11) is 6.14. The van der Waals surface area contributed by atoms with E-state index in [1.165, 1.54) is 10.4 Å². The molecule has 1 saturated heterocycles. The Labute approximate surface area is 213 Å². The molecule has 2 aromatic rings. The van der Waals surface area contributed by atoms with E-state index in [0.29, 0.717) is 6.54 Å². The number of hydrogen-bond donors (Lipinski definition) is 2. The molecule has 1 aliphatic heterocycles. The fourth-order valence-electron chi connectivity index (χ4n) is 3.92. The summed E-state index contributed by atoms with van der Waals surface area (Å²) in [6.45, 7) is 9.19. The van der Waals surface area contributed by atoms with Gasteiger partial charge in [0.2, 0.25) is 0 Å². The average Bonchev–Trinajstić information content (AvgIpc) is 3.40. The normalized spacial score (nSPS) is 19.4. The molecular formula is C22H38IN7OS. The fourth-order valence-corrected chi connectivity index (χ4v) is 4.77. The number of aromatic nitrogens is 2.